The summed E-state index contributed by atoms with van der Waals surface area (Å²) in [5.74, 6) is -0.270. The second-order valence-corrected chi connectivity index (χ2v) is 5.50. The predicted octanol–water partition coefficient (Wildman–Crippen LogP) is 4.73. The van der Waals surface area contributed by atoms with E-state index >= 15 is 0 Å². The Kier molecular flexibility index (Phi) is 7.23. The van der Waals surface area contributed by atoms with Gasteiger partial charge >= 0.3 is 0 Å². The minimum absolute atomic E-state index is 0.0102. The number of rotatable bonds is 7. The van der Waals surface area contributed by atoms with Crippen LogP contribution in [-0.2, 0) is 4.79 Å². The average molecular weight is 363 g/mol. The Morgan fingerprint density at radius 2 is 2.00 bits per heavy atom. The first-order valence-electron chi connectivity index (χ1n) is 6.38. The van der Waals surface area contributed by atoms with Crippen LogP contribution < -0.4 is 5.32 Å². The molecule has 0 bridgehead atoms. The lowest BCUT2D eigenvalue weighted by Crippen LogP contribution is -2.12. The molecule has 0 radical (unpaired) electrons. The Labute approximate surface area is 121 Å². The van der Waals surface area contributed by atoms with Crippen molar-refractivity contribution >= 4 is 34.2 Å². The standard InChI is InChI=1S/C14H19FINO/c1-2-3-4-5-6-7-14(18)17-13-9-8-11(15)10-12(13)16/h8-10H,2-7H2,1H3,(H,17,18). The molecule has 4 heteroatoms. The zero-order valence-electron chi connectivity index (χ0n) is 10.6. The minimum Gasteiger partial charge on any atom is -0.325 e. The van der Waals surface area contributed by atoms with Crippen molar-refractivity contribution < 1.29 is 9.18 Å². The Balaban J connectivity index is 2.31. The van der Waals surface area contributed by atoms with E-state index < -0.39 is 0 Å². The van der Waals surface area contributed by atoms with Crippen LogP contribution in [0.25, 0.3) is 0 Å². The molecule has 0 unspecified atom stereocenters. The van der Waals surface area contributed by atoms with Gasteiger partial charge < -0.3 is 5.32 Å². The third kappa shape index (κ3) is 5.80. The van der Waals surface area contributed by atoms with Crippen LogP contribution >= 0.6 is 22.6 Å². The number of amides is 1. The zero-order chi connectivity index (χ0) is 13.4. The summed E-state index contributed by atoms with van der Waals surface area (Å²) in [6.07, 6.45) is 6.19. The quantitative estimate of drug-likeness (QED) is 0.551. The molecule has 0 saturated carbocycles. The highest BCUT2D eigenvalue weighted by Crippen LogP contribution is 2.19. The average Bonchev–Trinajstić information content (AvgIpc) is 2.32. The van der Waals surface area contributed by atoms with E-state index in [-0.39, 0.29) is 11.7 Å². The molecule has 0 spiro atoms. The third-order valence-electron chi connectivity index (χ3n) is 2.71. The first-order chi connectivity index (χ1) is 8.63. The molecule has 0 aliphatic heterocycles. The van der Waals surface area contributed by atoms with Gasteiger partial charge in [-0.2, -0.15) is 0 Å². The molecule has 1 N–H and O–H groups in total. The van der Waals surface area contributed by atoms with Crippen LogP contribution in [0.2, 0.25) is 0 Å². The summed E-state index contributed by atoms with van der Waals surface area (Å²) in [6, 6.07) is 4.38. The van der Waals surface area contributed by atoms with Gasteiger partial charge in [0.1, 0.15) is 5.82 Å². The van der Waals surface area contributed by atoms with E-state index in [9.17, 15) is 9.18 Å². The van der Waals surface area contributed by atoms with Crippen molar-refractivity contribution in [1.82, 2.24) is 0 Å². The minimum atomic E-state index is -0.281. The van der Waals surface area contributed by atoms with Gasteiger partial charge in [0.2, 0.25) is 5.91 Å². The van der Waals surface area contributed by atoms with Gasteiger partial charge in [0.05, 0.1) is 5.69 Å². The van der Waals surface area contributed by atoms with E-state index in [1.807, 2.05) is 22.6 Å². The molecule has 1 amide bonds. The maximum atomic E-state index is 12.9. The summed E-state index contributed by atoms with van der Waals surface area (Å²) in [6.45, 7) is 2.17. The number of halogens is 2. The Morgan fingerprint density at radius 1 is 1.28 bits per heavy atom. The van der Waals surface area contributed by atoms with Gasteiger partial charge in [-0.1, -0.05) is 32.6 Å². The van der Waals surface area contributed by atoms with Crippen molar-refractivity contribution in [3.63, 3.8) is 0 Å². The van der Waals surface area contributed by atoms with Crippen LogP contribution in [0.4, 0.5) is 10.1 Å². The van der Waals surface area contributed by atoms with E-state index in [0.29, 0.717) is 12.1 Å². The lowest BCUT2D eigenvalue weighted by molar-refractivity contribution is -0.116. The second kappa shape index (κ2) is 8.45. The molecule has 0 heterocycles. The van der Waals surface area contributed by atoms with Crippen LogP contribution in [0.1, 0.15) is 45.4 Å². The molecule has 0 saturated heterocycles. The molecular formula is C14H19FINO. The summed E-state index contributed by atoms with van der Waals surface area (Å²) in [5.41, 5.74) is 0.690. The van der Waals surface area contributed by atoms with Crippen molar-refractivity contribution in [2.45, 2.75) is 45.4 Å². The van der Waals surface area contributed by atoms with Crippen molar-refractivity contribution in [3.05, 3.63) is 27.6 Å². The van der Waals surface area contributed by atoms with Crippen molar-refractivity contribution in [2.24, 2.45) is 0 Å². The monoisotopic (exact) mass is 363 g/mol. The normalized spacial score (nSPS) is 10.4. The van der Waals surface area contributed by atoms with Crippen LogP contribution in [0.15, 0.2) is 18.2 Å². The number of hydrogen-bond acceptors (Lipinski definition) is 1. The molecule has 2 nitrogen and oxygen atoms in total. The summed E-state index contributed by atoms with van der Waals surface area (Å²) in [5, 5.41) is 2.82. The first kappa shape index (κ1) is 15.4. The largest absolute Gasteiger partial charge is 0.325 e. The summed E-state index contributed by atoms with van der Waals surface area (Å²) in [4.78, 5) is 11.7. The van der Waals surface area contributed by atoms with E-state index in [1.165, 1.54) is 31.4 Å². The first-order valence-corrected chi connectivity index (χ1v) is 7.46. The maximum absolute atomic E-state index is 12.9. The fraction of sp³-hybridized carbons (Fsp3) is 0.500. The maximum Gasteiger partial charge on any atom is 0.224 e. The molecule has 1 aromatic carbocycles. The van der Waals surface area contributed by atoms with Crippen LogP contribution in [0.3, 0.4) is 0 Å². The topological polar surface area (TPSA) is 29.1 Å². The summed E-state index contributed by atoms with van der Waals surface area (Å²) < 4.78 is 13.6. The molecule has 100 valence electrons. The number of benzene rings is 1. The lowest BCUT2D eigenvalue weighted by Gasteiger charge is -2.07. The van der Waals surface area contributed by atoms with Crippen molar-refractivity contribution in [3.8, 4) is 0 Å². The van der Waals surface area contributed by atoms with Crippen molar-refractivity contribution in [1.29, 1.82) is 0 Å². The van der Waals surface area contributed by atoms with E-state index in [4.69, 9.17) is 0 Å². The lowest BCUT2D eigenvalue weighted by atomic mass is 10.1. The Morgan fingerprint density at radius 3 is 2.67 bits per heavy atom. The number of carbonyl (C=O) groups is 1. The van der Waals surface area contributed by atoms with E-state index in [1.54, 1.807) is 6.07 Å². The zero-order valence-corrected chi connectivity index (χ0v) is 12.8. The van der Waals surface area contributed by atoms with Crippen LogP contribution in [-0.4, -0.2) is 5.91 Å². The molecule has 0 atom stereocenters. The predicted molar refractivity (Wildman–Crippen MR) is 81.1 cm³/mol. The van der Waals surface area contributed by atoms with Gasteiger partial charge in [-0.15, -0.1) is 0 Å². The number of nitrogens with one attached hydrogen (secondary N) is 1. The molecule has 0 fully saturated rings. The van der Waals surface area contributed by atoms with Gasteiger partial charge in [0.25, 0.3) is 0 Å². The number of hydrogen-bond donors (Lipinski definition) is 1. The summed E-state index contributed by atoms with van der Waals surface area (Å²) in [7, 11) is 0. The molecule has 1 aromatic rings. The van der Waals surface area contributed by atoms with E-state index in [0.717, 1.165) is 16.4 Å². The molecule has 1 rings (SSSR count). The van der Waals surface area contributed by atoms with Gasteiger partial charge in [-0.05, 0) is 47.2 Å². The van der Waals surface area contributed by atoms with E-state index in [2.05, 4.69) is 12.2 Å². The van der Waals surface area contributed by atoms with Gasteiger partial charge in [-0.25, -0.2) is 4.39 Å². The van der Waals surface area contributed by atoms with Gasteiger partial charge in [0.15, 0.2) is 0 Å². The highest BCUT2D eigenvalue weighted by Gasteiger charge is 2.06. The molecular weight excluding hydrogens is 344 g/mol. The fourth-order valence-corrected chi connectivity index (χ4v) is 2.30. The van der Waals surface area contributed by atoms with Crippen molar-refractivity contribution in [2.75, 3.05) is 5.32 Å². The molecule has 0 aliphatic carbocycles. The van der Waals surface area contributed by atoms with Gasteiger partial charge in [0, 0.05) is 9.99 Å². The Bertz CT molecular complexity index is 395. The molecule has 0 aromatic heterocycles. The smallest absolute Gasteiger partial charge is 0.224 e. The number of carbonyl (C=O) groups excluding carboxylic acids is 1. The number of unbranched alkanes of at least 4 members (excludes halogenated alkanes) is 4. The Hall–Kier alpha value is -0.650. The highest BCUT2D eigenvalue weighted by atomic mass is 127. The summed E-state index contributed by atoms with van der Waals surface area (Å²) >= 11 is 2.02. The number of anilines is 1. The van der Waals surface area contributed by atoms with Gasteiger partial charge in [-0.3, -0.25) is 4.79 Å². The van der Waals surface area contributed by atoms with Crippen LogP contribution in [0, 0.1) is 9.39 Å². The fourth-order valence-electron chi connectivity index (χ4n) is 1.69. The SMILES string of the molecule is CCCCCCCC(=O)Nc1ccc(F)cc1I. The highest BCUT2D eigenvalue weighted by molar-refractivity contribution is 14.1. The van der Waals surface area contributed by atoms with Crippen LogP contribution in [0.5, 0.6) is 0 Å². The molecule has 18 heavy (non-hydrogen) atoms. The molecule has 0 aliphatic rings. The third-order valence-corrected chi connectivity index (χ3v) is 3.61. The second-order valence-electron chi connectivity index (χ2n) is 4.34.